The van der Waals surface area contributed by atoms with Crippen LogP contribution < -0.4 is 34.3 Å². The summed E-state index contributed by atoms with van der Waals surface area (Å²) in [7, 11) is 0. The Morgan fingerprint density at radius 2 is 1.40 bits per heavy atom. The van der Waals surface area contributed by atoms with Crippen molar-refractivity contribution in [2.75, 3.05) is 11.9 Å². The van der Waals surface area contributed by atoms with Gasteiger partial charge in [0, 0.05) is 14.3 Å². The molecule has 0 aliphatic carbocycles. The summed E-state index contributed by atoms with van der Waals surface area (Å²) in [6.45, 7) is 4.35. The molecule has 3 nitrogen and oxygen atoms in total. The molecule has 0 atom stereocenters. The van der Waals surface area contributed by atoms with Gasteiger partial charge in [0.2, 0.25) is 0 Å². The maximum Gasteiger partial charge on any atom is 1.00 e. The molecule has 0 spiro atoms. The Morgan fingerprint density at radius 1 is 0.960 bits per heavy atom. The molecule has 0 fully saturated rings. The van der Waals surface area contributed by atoms with Gasteiger partial charge in [-0.3, -0.25) is 0 Å². The van der Waals surface area contributed by atoms with Crippen LogP contribution in [0.2, 0.25) is 0 Å². The normalized spacial score (nSPS) is 8.44. The van der Waals surface area contributed by atoms with E-state index in [1.165, 1.54) is 18.2 Å². The summed E-state index contributed by atoms with van der Waals surface area (Å²) in [6, 6.07) is 8.79. The number of phenols is 1. The molecule has 0 aliphatic heterocycles. The molecule has 0 bridgehead atoms. The summed E-state index contributed by atoms with van der Waals surface area (Å²) in [5.41, 5.74) is 0. The van der Waals surface area contributed by atoms with Gasteiger partial charge in [0.05, 0.1) is 6.61 Å². The van der Waals surface area contributed by atoms with Crippen molar-refractivity contribution in [3.8, 4) is 11.5 Å². The van der Waals surface area contributed by atoms with Gasteiger partial charge in [0.25, 0.3) is 0 Å². The van der Waals surface area contributed by atoms with Crippen LogP contribution in [0.3, 0.4) is 0 Å². The average Bonchev–Trinajstić information content (AvgIpc) is 2.48. The number of benzene rings is 2. The van der Waals surface area contributed by atoms with Crippen molar-refractivity contribution in [3.05, 3.63) is 57.0 Å². The van der Waals surface area contributed by atoms with Crippen LogP contribution in [0.25, 0.3) is 0 Å². The molecule has 0 amide bonds. The summed E-state index contributed by atoms with van der Waals surface area (Å²) in [5, 5.41) is 9.71. The molecule has 25 heavy (non-hydrogen) atoms. The third-order valence-corrected chi connectivity index (χ3v) is 3.09. The van der Waals surface area contributed by atoms with Crippen LogP contribution in [0, 0.1) is 11.6 Å². The average molecular weight is 559 g/mol. The number of hydrogen-bond acceptors (Lipinski definition) is 3. The molecule has 2 aromatic rings. The van der Waals surface area contributed by atoms with Crippen molar-refractivity contribution in [1.82, 2.24) is 0 Å². The van der Waals surface area contributed by atoms with E-state index in [9.17, 15) is 8.78 Å². The first-order valence-corrected chi connectivity index (χ1v) is 9.34. The monoisotopic (exact) mass is 556 g/mol. The van der Waals surface area contributed by atoms with Crippen LogP contribution >= 0.6 is 47.8 Å². The van der Waals surface area contributed by atoms with Gasteiger partial charge in [-0.15, -0.1) is 0 Å². The summed E-state index contributed by atoms with van der Waals surface area (Å²) in [6.07, 6.45) is 0. The first-order valence-electron chi connectivity index (χ1n) is 6.63. The van der Waals surface area contributed by atoms with Crippen LogP contribution in [-0.4, -0.2) is 22.5 Å². The van der Waals surface area contributed by atoms with Crippen LogP contribution in [0.1, 0.15) is 13.8 Å². The van der Waals surface area contributed by atoms with E-state index < -0.39 is 5.82 Å². The number of halogens is 5. The van der Waals surface area contributed by atoms with Crippen molar-refractivity contribution < 1.29 is 53.7 Å². The smallest absolute Gasteiger partial charge is 0.870 e. The summed E-state index contributed by atoms with van der Waals surface area (Å²) in [4.78, 5) is 0. The fraction of sp³-hybridized carbons (Fsp3) is 0.250. The zero-order valence-electron chi connectivity index (χ0n) is 14.1. The van der Waals surface area contributed by atoms with E-state index in [1.807, 2.05) is 13.8 Å². The van der Waals surface area contributed by atoms with Gasteiger partial charge in [0.1, 0.15) is 0 Å². The fourth-order valence-electron chi connectivity index (χ4n) is 1.23. The van der Waals surface area contributed by atoms with E-state index in [4.69, 9.17) is 9.84 Å². The maximum absolute atomic E-state index is 12.9. The van der Waals surface area contributed by atoms with E-state index in [1.54, 1.807) is 18.2 Å². The molecular formula is C16H18Br3F2NaO3. The predicted molar refractivity (Wildman–Crippen MR) is 102 cm³/mol. The van der Waals surface area contributed by atoms with Gasteiger partial charge >= 0.3 is 29.6 Å². The predicted octanol–water partition coefficient (Wildman–Crippen LogP) is 3.51. The van der Waals surface area contributed by atoms with Gasteiger partial charge in [-0.25, -0.2) is 8.78 Å². The number of aromatic hydroxyl groups is 1. The topological polar surface area (TPSA) is 59.5 Å². The van der Waals surface area contributed by atoms with Crippen molar-refractivity contribution in [2.45, 2.75) is 13.8 Å². The zero-order chi connectivity index (χ0) is 17.8. The minimum Gasteiger partial charge on any atom is -0.870 e. The third kappa shape index (κ3) is 14.1. The van der Waals surface area contributed by atoms with Crippen molar-refractivity contribution in [1.29, 1.82) is 0 Å². The van der Waals surface area contributed by atoms with Crippen LogP contribution in [-0.2, 0) is 0 Å². The van der Waals surface area contributed by atoms with Crippen LogP contribution in [0.4, 0.5) is 8.78 Å². The Morgan fingerprint density at radius 3 is 1.76 bits per heavy atom. The molecule has 0 radical (unpaired) electrons. The van der Waals surface area contributed by atoms with Gasteiger partial charge in [-0.2, -0.15) is 0 Å². The minimum absolute atomic E-state index is 0. The van der Waals surface area contributed by atoms with Gasteiger partial charge < -0.3 is 15.3 Å². The first-order chi connectivity index (χ1) is 10.8. The Balaban J connectivity index is -0.000000317. The van der Waals surface area contributed by atoms with E-state index in [2.05, 4.69) is 47.8 Å². The van der Waals surface area contributed by atoms with Gasteiger partial charge in [-0.1, -0.05) is 54.7 Å². The second kappa shape index (κ2) is 17.7. The number of phenolic OH excluding ortho intramolecular Hbond substituents is 1. The number of alkyl halides is 1. The largest absolute Gasteiger partial charge is 1.00 e. The quantitative estimate of drug-likeness (QED) is 0.453. The Kier molecular flexibility index (Phi) is 21.3. The summed E-state index contributed by atoms with van der Waals surface area (Å²) < 4.78 is 31.5. The number of rotatable bonds is 2. The molecular weight excluding hydrogens is 541 g/mol. The molecule has 0 saturated heterocycles. The Labute approximate surface area is 194 Å². The van der Waals surface area contributed by atoms with Crippen molar-refractivity contribution in [2.24, 2.45) is 0 Å². The minimum atomic E-state index is -0.607. The number of hydrogen-bond donors (Lipinski definition) is 1. The molecule has 0 aromatic heterocycles. The Hall–Kier alpha value is 0.300. The molecule has 2 N–H and O–H groups in total. The summed E-state index contributed by atoms with van der Waals surface area (Å²) >= 11 is 9.34. The third-order valence-electron chi connectivity index (χ3n) is 2.10. The van der Waals surface area contributed by atoms with E-state index >= 15 is 0 Å². The van der Waals surface area contributed by atoms with Crippen molar-refractivity contribution in [3.63, 3.8) is 0 Å². The first kappa shape index (κ1) is 30.0. The second-order valence-corrected chi connectivity index (χ2v) is 6.82. The molecule has 9 heteroatoms. The van der Waals surface area contributed by atoms with Gasteiger partial charge in [0.15, 0.2) is 23.1 Å². The van der Waals surface area contributed by atoms with Crippen molar-refractivity contribution >= 4 is 47.8 Å². The molecule has 0 saturated carbocycles. The van der Waals surface area contributed by atoms with Crippen LogP contribution in [0.5, 0.6) is 11.5 Å². The van der Waals surface area contributed by atoms with Gasteiger partial charge in [-0.05, 0) is 43.3 Å². The summed E-state index contributed by atoms with van der Waals surface area (Å²) in [5.74, 6) is -0.959. The molecule has 0 unspecified atom stereocenters. The molecule has 2 aromatic carbocycles. The Bertz CT molecular complexity index is 605. The van der Waals surface area contributed by atoms with E-state index in [-0.39, 0.29) is 46.6 Å². The second-order valence-electron chi connectivity index (χ2n) is 3.87. The molecule has 0 aliphatic rings. The zero-order valence-corrected chi connectivity index (χ0v) is 20.8. The fourth-order valence-corrected chi connectivity index (χ4v) is 1.90. The number of ether oxygens (including phenoxy) is 1. The maximum atomic E-state index is 12.9. The molecule has 0 heterocycles. The van der Waals surface area contributed by atoms with E-state index in [0.717, 1.165) is 9.80 Å². The molecule has 2 rings (SSSR count). The SMILES string of the molecule is CCBr.CCOc1ccc(Br)cc1F.Oc1ccc(Br)cc1F.[Na+].[OH-]. The molecule has 136 valence electrons. The van der Waals surface area contributed by atoms with E-state index in [0.29, 0.717) is 16.8 Å². The van der Waals surface area contributed by atoms with Crippen LogP contribution in [0.15, 0.2) is 45.3 Å². The standard InChI is InChI=1S/C8H8BrFO.C6H4BrFO.C2H5Br.Na.H2O/c1-2-11-8-4-3-6(9)5-7(8)10;7-4-1-2-6(9)5(8)3-4;1-2-3;;/h3-5H,2H2,1H3;1-3,9H;2H2,1H3;;1H2/q;;;+1;/p-1.